The Hall–Kier alpha value is -1.83. The van der Waals surface area contributed by atoms with E-state index in [4.69, 9.17) is 0 Å². The highest BCUT2D eigenvalue weighted by atomic mass is 127. The minimum atomic E-state index is -0.239. The van der Waals surface area contributed by atoms with Gasteiger partial charge in [0.25, 0.3) is 0 Å². The van der Waals surface area contributed by atoms with Crippen LogP contribution in [-0.2, 0) is 12.0 Å². The molecule has 0 aromatic heterocycles. The quantitative estimate of drug-likeness (QED) is 0.337. The lowest BCUT2D eigenvalue weighted by Gasteiger charge is -2.27. The predicted molar refractivity (Wildman–Crippen MR) is 116 cm³/mol. The van der Waals surface area contributed by atoms with Crippen LogP contribution in [0.2, 0.25) is 0 Å². The number of aromatic hydroxyl groups is 1. The number of aliphatic imine (C=N–C) groups is 1. The van der Waals surface area contributed by atoms with Gasteiger partial charge in [-0.2, -0.15) is 0 Å². The van der Waals surface area contributed by atoms with E-state index in [2.05, 4.69) is 29.5 Å². The molecule has 0 amide bonds. The van der Waals surface area contributed by atoms with Crippen molar-refractivity contribution in [3.8, 4) is 5.75 Å². The van der Waals surface area contributed by atoms with Crippen LogP contribution in [0.5, 0.6) is 5.75 Å². The molecule has 0 heterocycles. The van der Waals surface area contributed by atoms with Gasteiger partial charge in [-0.25, -0.2) is 9.38 Å². The maximum atomic E-state index is 13.5. The van der Waals surface area contributed by atoms with E-state index in [1.54, 1.807) is 24.3 Å². The SMILES string of the molecule is CCNC(=NCc1ccc(O)cc1)NCC(C)(C)c1cccc(F)c1.I. The van der Waals surface area contributed by atoms with Crippen LogP contribution in [0.1, 0.15) is 31.9 Å². The topological polar surface area (TPSA) is 56.7 Å². The molecule has 0 saturated heterocycles. The Morgan fingerprint density at radius 1 is 1.12 bits per heavy atom. The Labute approximate surface area is 172 Å². The van der Waals surface area contributed by atoms with E-state index < -0.39 is 0 Å². The smallest absolute Gasteiger partial charge is 0.191 e. The summed E-state index contributed by atoms with van der Waals surface area (Å²) in [4.78, 5) is 4.57. The van der Waals surface area contributed by atoms with Crippen molar-refractivity contribution < 1.29 is 9.50 Å². The number of phenolic OH excluding ortho intramolecular Hbond substituents is 1. The minimum absolute atomic E-state index is 0. The summed E-state index contributed by atoms with van der Waals surface area (Å²) in [6, 6.07) is 13.7. The molecule has 0 fully saturated rings. The van der Waals surface area contributed by atoms with Gasteiger partial charge in [0.15, 0.2) is 5.96 Å². The zero-order valence-electron chi connectivity index (χ0n) is 15.4. The minimum Gasteiger partial charge on any atom is -0.508 e. The summed E-state index contributed by atoms with van der Waals surface area (Å²) in [6.45, 7) is 8.03. The second-order valence-electron chi connectivity index (χ2n) is 6.61. The number of benzene rings is 2. The van der Waals surface area contributed by atoms with E-state index in [1.165, 1.54) is 6.07 Å². The van der Waals surface area contributed by atoms with Gasteiger partial charge in [-0.1, -0.05) is 38.1 Å². The van der Waals surface area contributed by atoms with Crippen LogP contribution in [0, 0.1) is 5.82 Å². The summed E-state index contributed by atoms with van der Waals surface area (Å²) < 4.78 is 13.5. The van der Waals surface area contributed by atoms with Crippen molar-refractivity contribution in [2.24, 2.45) is 4.99 Å². The monoisotopic (exact) mass is 471 g/mol. The summed E-state index contributed by atoms with van der Waals surface area (Å²) in [5.74, 6) is 0.730. The number of nitrogens with zero attached hydrogens (tertiary/aromatic N) is 1. The Morgan fingerprint density at radius 2 is 1.81 bits per heavy atom. The fourth-order valence-electron chi connectivity index (χ4n) is 2.43. The first-order valence-electron chi connectivity index (χ1n) is 8.47. The Kier molecular flexibility index (Phi) is 8.84. The van der Waals surface area contributed by atoms with Crippen LogP contribution in [0.25, 0.3) is 0 Å². The molecule has 0 unspecified atom stereocenters. The van der Waals surface area contributed by atoms with Gasteiger partial charge in [0, 0.05) is 18.5 Å². The van der Waals surface area contributed by atoms with E-state index in [0.29, 0.717) is 19.0 Å². The van der Waals surface area contributed by atoms with Gasteiger partial charge in [-0.3, -0.25) is 0 Å². The molecule has 0 spiro atoms. The molecular weight excluding hydrogens is 444 g/mol. The molecule has 0 saturated carbocycles. The molecule has 2 aromatic rings. The van der Waals surface area contributed by atoms with E-state index in [9.17, 15) is 9.50 Å². The van der Waals surface area contributed by atoms with Crippen LogP contribution in [0.3, 0.4) is 0 Å². The molecule has 3 N–H and O–H groups in total. The van der Waals surface area contributed by atoms with Gasteiger partial charge >= 0.3 is 0 Å². The fraction of sp³-hybridized carbons (Fsp3) is 0.350. The molecule has 0 atom stereocenters. The van der Waals surface area contributed by atoms with Crippen LogP contribution in [0.15, 0.2) is 53.5 Å². The second-order valence-corrected chi connectivity index (χ2v) is 6.61. The fourth-order valence-corrected chi connectivity index (χ4v) is 2.43. The Bertz CT molecular complexity index is 717. The van der Waals surface area contributed by atoms with E-state index >= 15 is 0 Å². The molecular formula is C20H27FIN3O. The van der Waals surface area contributed by atoms with Crippen LogP contribution >= 0.6 is 24.0 Å². The van der Waals surface area contributed by atoms with Gasteiger partial charge < -0.3 is 15.7 Å². The molecule has 4 nitrogen and oxygen atoms in total. The Morgan fingerprint density at radius 3 is 2.42 bits per heavy atom. The number of hydrogen-bond acceptors (Lipinski definition) is 2. The van der Waals surface area contributed by atoms with Crippen molar-refractivity contribution >= 4 is 29.9 Å². The van der Waals surface area contributed by atoms with E-state index in [1.807, 2.05) is 25.1 Å². The molecule has 0 radical (unpaired) electrons. The van der Waals surface area contributed by atoms with Crippen molar-refractivity contribution in [2.75, 3.05) is 13.1 Å². The van der Waals surface area contributed by atoms with Crippen molar-refractivity contribution in [3.63, 3.8) is 0 Å². The lowest BCUT2D eigenvalue weighted by atomic mass is 9.84. The predicted octanol–water partition coefficient (Wildman–Crippen LogP) is 4.18. The van der Waals surface area contributed by atoms with Gasteiger partial charge in [0.2, 0.25) is 0 Å². The number of nitrogens with one attached hydrogen (secondary N) is 2. The summed E-state index contributed by atoms with van der Waals surface area (Å²) in [7, 11) is 0. The maximum Gasteiger partial charge on any atom is 0.191 e. The van der Waals surface area contributed by atoms with Crippen molar-refractivity contribution in [3.05, 3.63) is 65.5 Å². The number of halogens is 2. The zero-order valence-corrected chi connectivity index (χ0v) is 17.8. The molecule has 6 heteroatoms. The molecule has 0 aliphatic heterocycles. The summed E-state index contributed by atoms with van der Waals surface area (Å²) in [5, 5.41) is 15.9. The average molecular weight is 471 g/mol. The lowest BCUT2D eigenvalue weighted by Crippen LogP contribution is -2.43. The third-order valence-electron chi connectivity index (χ3n) is 4.00. The third-order valence-corrected chi connectivity index (χ3v) is 4.00. The number of phenols is 1. The molecule has 26 heavy (non-hydrogen) atoms. The maximum absolute atomic E-state index is 13.5. The number of guanidine groups is 1. The molecule has 0 aliphatic rings. The van der Waals surface area contributed by atoms with Crippen LogP contribution in [-0.4, -0.2) is 24.2 Å². The van der Waals surface area contributed by atoms with Crippen molar-refractivity contribution in [1.29, 1.82) is 0 Å². The first-order chi connectivity index (χ1) is 11.9. The zero-order chi connectivity index (χ0) is 18.3. The Balaban J connectivity index is 0.00000338. The second kappa shape index (κ2) is 10.4. The molecule has 0 aliphatic carbocycles. The van der Waals surface area contributed by atoms with Gasteiger partial charge in [-0.15, -0.1) is 24.0 Å². The van der Waals surface area contributed by atoms with Gasteiger partial charge in [0.05, 0.1) is 6.54 Å². The van der Waals surface area contributed by atoms with Gasteiger partial charge in [-0.05, 0) is 42.3 Å². The summed E-state index contributed by atoms with van der Waals surface area (Å²) in [6.07, 6.45) is 0. The number of hydrogen-bond donors (Lipinski definition) is 3. The summed E-state index contributed by atoms with van der Waals surface area (Å²) >= 11 is 0. The van der Waals surface area contributed by atoms with Crippen molar-refractivity contribution in [2.45, 2.75) is 32.7 Å². The number of rotatable bonds is 6. The van der Waals surface area contributed by atoms with Crippen LogP contribution < -0.4 is 10.6 Å². The standard InChI is InChI=1S/C20H26FN3O.HI/c1-4-22-19(23-13-15-8-10-18(25)11-9-15)24-14-20(2,3)16-6-5-7-17(21)12-16;/h5-12,25H,4,13-14H2,1-3H3,(H2,22,23,24);1H. The molecule has 2 aromatic carbocycles. The van der Waals surface area contributed by atoms with Crippen LogP contribution in [0.4, 0.5) is 4.39 Å². The first kappa shape index (κ1) is 22.2. The molecule has 2 rings (SSSR count). The van der Waals surface area contributed by atoms with Crippen molar-refractivity contribution in [1.82, 2.24) is 10.6 Å². The van der Waals surface area contributed by atoms with Gasteiger partial charge in [0.1, 0.15) is 11.6 Å². The highest BCUT2D eigenvalue weighted by molar-refractivity contribution is 14.0. The third kappa shape index (κ3) is 6.82. The highest BCUT2D eigenvalue weighted by Crippen LogP contribution is 2.22. The lowest BCUT2D eigenvalue weighted by molar-refractivity contribution is 0.475. The average Bonchev–Trinajstić information content (AvgIpc) is 2.59. The summed E-state index contributed by atoms with van der Waals surface area (Å²) in [5.41, 5.74) is 1.71. The largest absolute Gasteiger partial charge is 0.508 e. The normalized spacial score (nSPS) is 11.6. The molecule has 0 bridgehead atoms. The van der Waals surface area contributed by atoms with E-state index in [0.717, 1.165) is 17.7 Å². The molecule has 142 valence electrons. The first-order valence-corrected chi connectivity index (χ1v) is 8.47. The van der Waals surface area contributed by atoms with E-state index in [-0.39, 0.29) is 41.0 Å². The highest BCUT2D eigenvalue weighted by Gasteiger charge is 2.21.